The normalized spacial score (nSPS) is 13.8. The largest absolute Gasteiger partial charge is 0.350 e. The highest BCUT2D eigenvalue weighted by molar-refractivity contribution is 6.26. The van der Waals surface area contributed by atoms with E-state index in [1.807, 2.05) is 88.4 Å². The number of rotatable bonds is 7. The Balaban J connectivity index is 1.65. The summed E-state index contributed by atoms with van der Waals surface area (Å²) in [5, 5.41) is 4.85. The molecule has 3 aromatic carbocycles. The summed E-state index contributed by atoms with van der Waals surface area (Å²) in [6.07, 6.45) is 0.463. The van der Waals surface area contributed by atoms with Gasteiger partial charge in [0.15, 0.2) is 0 Å². The molecule has 0 radical (unpaired) electrons. The van der Waals surface area contributed by atoms with Crippen LogP contribution in [0.1, 0.15) is 50.0 Å². The van der Waals surface area contributed by atoms with Gasteiger partial charge in [0, 0.05) is 23.0 Å². The quantitative estimate of drug-likeness (QED) is 0.567. The van der Waals surface area contributed by atoms with E-state index in [0.29, 0.717) is 12.0 Å². The molecule has 0 aromatic heterocycles. The molecule has 0 aliphatic carbocycles. The Labute approximate surface area is 200 Å². The van der Waals surface area contributed by atoms with E-state index in [2.05, 4.69) is 5.32 Å². The van der Waals surface area contributed by atoms with E-state index in [0.717, 1.165) is 22.0 Å². The number of nitrogens with one attached hydrogen (secondary N) is 1. The molecule has 1 N–H and O–H groups in total. The zero-order chi connectivity index (χ0) is 24.5. The molecular weight excluding hydrogens is 426 g/mol. The molecule has 0 saturated heterocycles. The monoisotopic (exact) mass is 457 g/mol. The first-order valence-electron chi connectivity index (χ1n) is 11.7. The molecule has 3 aromatic rings. The lowest BCUT2D eigenvalue weighted by molar-refractivity contribution is -0.141. The van der Waals surface area contributed by atoms with Crippen molar-refractivity contribution in [1.82, 2.24) is 10.2 Å². The fraction of sp³-hybridized carbons (Fsp3) is 0.321. The molecule has 176 valence electrons. The predicted molar refractivity (Wildman–Crippen MR) is 135 cm³/mol. The molecule has 4 rings (SSSR count). The van der Waals surface area contributed by atoms with Crippen molar-refractivity contribution >= 4 is 34.2 Å². The molecule has 1 unspecified atom stereocenters. The molecule has 1 heterocycles. The minimum Gasteiger partial charge on any atom is -0.350 e. The van der Waals surface area contributed by atoms with Gasteiger partial charge in [-0.15, -0.1) is 0 Å². The minimum atomic E-state index is -0.650. The van der Waals surface area contributed by atoms with Gasteiger partial charge < -0.3 is 10.2 Å². The average molecular weight is 458 g/mol. The molecule has 34 heavy (non-hydrogen) atoms. The lowest BCUT2D eigenvalue weighted by atomic mass is 10.1. The van der Waals surface area contributed by atoms with Crippen molar-refractivity contribution in [1.29, 1.82) is 0 Å². The third-order valence-corrected chi connectivity index (χ3v) is 6.02. The average Bonchev–Trinajstić information content (AvgIpc) is 3.06. The van der Waals surface area contributed by atoms with Crippen molar-refractivity contribution < 1.29 is 14.4 Å². The molecule has 0 bridgehead atoms. The highest BCUT2D eigenvalue weighted by Crippen LogP contribution is 2.37. The first-order chi connectivity index (χ1) is 16.2. The summed E-state index contributed by atoms with van der Waals surface area (Å²) in [5.41, 5.74) is 1.84. The summed E-state index contributed by atoms with van der Waals surface area (Å²) in [6, 6.07) is 20.3. The second-order valence-electron chi connectivity index (χ2n) is 9.74. The van der Waals surface area contributed by atoms with Gasteiger partial charge in [-0.2, -0.15) is 0 Å². The minimum absolute atomic E-state index is 0.126. The first kappa shape index (κ1) is 23.5. The fourth-order valence-corrected chi connectivity index (χ4v) is 4.51. The van der Waals surface area contributed by atoms with Crippen molar-refractivity contribution in [2.45, 2.75) is 52.2 Å². The van der Waals surface area contributed by atoms with Crippen molar-refractivity contribution in [2.75, 3.05) is 11.4 Å². The van der Waals surface area contributed by atoms with Crippen molar-refractivity contribution in [3.8, 4) is 0 Å². The molecule has 6 nitrogen and oxygen atoms in total. The Kier molecular flexibility index (Phi) is 6.42. The number of carbonyl (C=O) groups is 3. The van der Waals surface area contributed by atoms with Crippen LogP contribution >= 0.6 is 0 Å². The molecule has 6 heteroatoms. The van der Waals surface area contributed by atoms with Gasteiger partial charge in [-0.3, -0.25) is 19.3 Å². The number of hydrogen-bond acceptors (Lipinski definition) is 3. The van der Waals surface area contributed by atoms with Crippen molar-refractivity contribution in [2.24, 2.45) is 0 Å². The fourth-order valence-electron chi connectivity index (χ4n) is 4.51. The van der Waals surface area contributed by atoms with Crippen LogP contribution in [0.5, 0.6) is 0 Å². The molecule has 0 fully saturated rings. The van der Waals surface area contributed by atoms with Gasteiger partial charge in [-0.05, 0) is 50.3 Å². The van der Waals surface area contributed by atoms with Gasteiger partial charge in [0.25, 0.3) is 5.91 Å². The standard InChI is InChI=1S/C28H31N3O3/c1-5-22(26(33)29-28(2,3)4)30(17-19-11-7-6-8-12-19)24(32)18-31-23-16-10-14-20-13-9-15-21(25(20)23)27(31)34/h6-16,22H,5,17-18H2,1-4H3,(H,29,33). The molecule has 3 amide bonds. The molecule has 0 saturated carbocycles. The SMILES string of the molecule is CCC(C(=O)NC(C)(C)C)N(Cc1ccccc1)C(=O)CN1C(=O)c2cccc3cccc1c23. The van der Waals surface area contributed by atoms with Crippen LogP contribution in [-0.4, -0.2) is 40.7 Å². The number of benzene rings is 3. The van der Waals surface area contributed by atoms with E-state index in [1.165, 1.54) is 4.90 Å². The molecule has 1 aliphatic heterocycles. The van der Waals surface area contributed by atoms with Crippen LogP contribution < -0.4 is 10.2 Å². The van der Waals surface area contributed by atoms with E-state index in [1.54, 1.807) is 11.0 Å². The third-order valence-electron chi connectivity index (χ3n) is 6.02. The molecular formula is C28H31N3O3. The van der Waals surface area contributed by atoms with E-state index in [-0.39, 0.29) is 30.8 Å². The summed E-state index contributed by atoms with van der Waals surface area (Å²) in [5.74, 6) is -0.651. The smallest absolute Gasteiger partial charge is 0.259 e. The topological polar surface area (TPSA) is 69.7 Å². The third kappa shape index (κ3) is 4.67. The highest BCUT2D eigenvalue weighted by Gasteiger charge is 2.35. The number of amides is 3. The number of hydrogen-bond donors (Lipinski definition) is 1. The van der Waals surface area contributed by atoms with Crippen molar-refractivity contribution in [3.63, 3.8) is 0 Å². The van der Waals surface area contributed by atoms with Crippen LogP contribution in [0.4, 0.5) is 5.69 Å². The zero-order valence-corrected chi connectivity index (χ0v) is 20.2. The van der Waals surface area contributed by atoms with Crippen molar-refractivity contribution in [3.05, 3.63) is 77.9 Å². The van der Waals surface area contributed by atoms with E-state index in [9.17, 15) is 14.4 Å². The van der Waals surface area contributed by atoms with Gasteiger partial charge >= 0.3 is 0 Å². The molecule has 0 spiro atoms. The summed E-state index contributed by atoms with van der Waals surface area (Å²) < 4.78 is 0. The summed E-state index contributed by atoms with van der Waals surface area (Å²) in [6.45, 7) is 7.81. The maximum atomic E-state index is 13.7. The Morgan fingerprint density at radius 2 is 1.65 bits per heavy atom. The Bertz CT molecular complexity index is 1230. The number of nitrogens with zero attached hydrogens (tertiary/aromatic N) is 2. The Morgan fingerprint density at radius 1 is 0.971 bits per heavy atom. The van der Waals surface area contributed by atoms with E-state index >= 15 is 0 Å². The summed E-state index contributed by atoms with van der Waals surface area (Å²) in [4.78, 5) is 43.3. The van der Waals surface area contributed by atoms with Crippen LogP contribution in [-0.2, 0) is 16.1 Å². The van der Waals surface area contributed by atoms with Crippen LogP contribution in [0.2, 0.25) is 0 Å². The van der Waals surface area contributed by atoms with Gasteiger partial charge in [0.05, 0.1) is 5.69 Å². The van der Waals surface area contributed by atoms with Crippen LogP contribution in [0.15, 0.2) is 66.7 Å². The van der Waals surface area contributed by atoms with Gasteiger partial charge in [0.1, 0.15) is 12.6 Å². The summed E-state index contributed by atoms with van der Waals surface area (Å²) >= 11 is 0. The number of anilines is 1. The maximum Gasteiger partial charge on any atom is 0.259 e. The van der Waals surface area contributed by atoms with Crippen LogP contribution in [0, 0.1) is 0 Å². The van der Waals surface area contributed by atoms with E-state index in [4.69, 9.17) is 0 Å². The maximum absolute atomic E-state index is 13.7. The van der Waals surface area contributed by atoms with E-state index < -0.39 is 11.6 Å². The second-order valence-corrected chi connectivity index (χ2v) is 9.74. The zero-order valence-electron chi connectivity index (χ0n) is 20.2. The van der Waals surface area contributed by atoms with Gasteiger partial charge in [-0.1, -0.05) is 61.5 Å². The lowest BCUT2D eigenvalue weighted by Gasteiger charge is -2.34. The van der Waals surface area contributed by atoms with Crippen LogP contribution in [0.3, 0.4) is 0 Å². The van der Waals surface area contributed by atoms with Crippen LogP contribution in [0.25, 0.3) is 10.8 Å². The molecule has 1 atom stereocenters. The predicted octanol–water partition coefficient (Wildman–Crippen LogP) is 4.52. The van der Waals surface area contributed by atoms with Gasteiger partial charge in [-0.25, -0.2) is 0 Å². The Hall–Kier alpha value is -3.67. The highest BCUT2D eigenvalue weighted by atomic mass is 16.2. The lowest BCUT2D eigenvalue weighted by Crippen LogP contribution is -2.55. The van der Waals surface area contributed by atoms with Gasteiger partial charge in [0.2, 0.25) is 11.8 Å². The second kappa shape index (κ2) is 9.29. The Morgan fingerprint density at radius 3 is 2.29 bits per heavy atom. The summed E-state index contributed by atoms with van der Waals surface area (Å²) in [7, 11) is 0. The molecule has 1 aliphatic rings. The first-order valence-corrected chi connectivity index (χ1v) is 11.7. The number of carbonyl (C=O) groups excluding carboxylic acids is 3.